The number of unbranched alkanes of at least 4 members (excludes halogenated alkanes) is 1. The topological polar surface area (TPSA) is 55.1 Å². The van der Waals surface area contributed by atoms with Crippen LogP contribution >= 0.6 is 12.4 Å². The van der Waals surface area contributed by atoms with E-state index in [0.717, 1.165) is 12.8 Å². The van der Waals surface area contributed by atoms with Gasteiger partial charge in [-0.25, -0.2) is 4.98 Å². The molecule has 0 bridgehead atoms. The first-order chi connectivity index (χ1) is 8.02. The lowest BCUT2D eigenvalue weighted by Gasteiger charge is -2.17. The molecule has 0 saturated carbocycles. The highest BCUT2D eigenvalue weighted by molar-refractivity contribution is 5.85. The van der Waals surface area contributed by atoms with Crippen molar-refractivity contribution >= 4 is 18.4 Å². The number of imidazole rings is 1. The number of carboxylic acids is 1. The van der Waals surface area contributed by atoms with E-state index in [1.54, 1.807) is 26.4 Å². The molecule has 18 heavy (non-hydrogen) atoms. The molecule has 1 aromatic heterocycles. The fourth-order valence-corrected chi connectivity index (χ4v) is 1.34. The molecule has 0 spiro atoms. The molecule has 0 aliphatic carbocycles. The molecular weight excluding hydrogens is 252 g/mol. The zero-order valence-electron chi connectivity index (χ0n) is 10.7. The average Bonchev–Trinajstić information content (AvgIpc) is 2.75. The van der Waals surface area contributed by atoms with Crippen LogP contribution in [0.15, 0.2) is 18.7 Å². The van der Waals surface area contributed by atoms with Gasteiger partial charge in [0.1, 0.15) is 0 Å². The van der Waals surface area contributed by atoms with E-state index < -0.39 is 11.4 Å². The van der Waals surface area contributed by atoms with Crippen LogP contribution in [0.4, 0.5) is 0 Å². The van der Waals surface area contributed by atoms with Crippen LogP contribution in [0.3, 0.4) is 0 Å². The molecule has 1 rings (SSSR count). The molecule has 0 unspecified atom stereocenters. The molecule has 1 aromatic rings. The number of halogens is 1. The minimum Gasteiger partial charge on any atom is -0.481 e. The van der Waals surface area contributed by atoms with Crippen molar-refractivity contribution < 1.29 is 9.90 Å². The van der Waals surface area contributed by atoms with Crippen molar-refractivity contribution in [1.82, 2.24) is 9.55 Å². The van der Waals surface area contributed by atoms with Gasteiger partial charge in [-0.1, -0.05) is 5.92 Å². The third-order valence-electron chi connectivity index (χ3n) is 2.63. The Morgan fingerprint density at radius 3 is 2.72 bits per heavy atom. The highest BCUT2D eigenvalue weighted by Gasteiger charge is 2.25. The first kappa shape index (κ1) is 16.5. The third-order valence-corrected chi connectivity index (χ3v) is 2.63. The summed E-state index contributed by atoms with van der Waals surface area (Å²) >= 11 is 0. The zero-order chi connectivity index (χ0) is 12.7. The van der Waals surface area contributed by atoms with Crippen LogP contribution in [0.2, 0.25) is 0 Å². The molecule has 1 heterocycles. The smallest absolute Gasteiger partial charge is 0.309 e. The highest BCUT2D eigenvalue weighted by Crippen LogP contribution is 2.22. The molecule has 0 amide bonds. The first-order valence-electron chi connectivity index (χ1n) is 5.67. The number of hydrogen-bond donors (Lipinski definition) is 1. The molecule has 0 aromatic carbocycles. The van der Waals surface area contributed by atoms with Crippen molar-refractivity contribution in [3.63, 3.8) is 0 Å². The van der Waals surface area contributed by atoms with Crippen molar-refractivity contribution in [3.8, 4) is 11.8 Å². The summed E-state index contributed by atoms with van der Waals surface area (Å²) < 4.78 is 1.90. The Labute approximate surface area is 114 Å². The van der Waals surface area contributed by atoms with E-state index in [-0.39, 0.29) is 12.4 Å². The van der Waals surface area contributed by atoms with E-state index >= 15 is 0 Å². The Bertz CT molecular complexity index is 416. The number of rotatable bonds is 5. The van der Waals surface area contributed by atoms with Gasteiger partial charge < -0.3 is 9.67 Å². The third kappa shape index (κ3) is 5.74. The molecule has 0 atom stereocenters. The number of nitrogens with zero attached hydrogens (tertiary/aromatic N) is 2. The van der Waals surface area contributed by atoms with E-state index in [1.807, 2.05) is 10.8 Å². The van der Waals surface area contributed by atoms with Crippen LogP contribution in [-0.2, 0) is 11.3 Å². The average molecular weight is 271 g/mol. The molecule has 1 N–H and O–H groups in total. The Balaban J connectivity index is 0.00000289. The number of carboxylic acid groups (broad SMARTS) is 1. The molecule has 0 saturated heterocycles. The van der Waals surface area contributed by atoms with Crippen LogP contribution in [-0.4, -0.2) is 20.6 Å². The van der Waals surface area contributed by atoms with E-state index in [9.17, 15) is 4.79 Å². The minimum absolute atomic E-state index is 0. The quantitative estimate of drug-likeness (QED) is 0.661. The van der Waals surface area contributed by atoms with Crippen molar-refractivity contribution in [1.29, 1.82) is 0 Å². The molecule has 4 nitrogen and oxygen atoms in total. The first-order valence-corrected chi connectivity index (χ1v) is 5.67. The number of hydrogen-bond acceptors (Lipinski definition) is 2. The number of carbonyl (C=O) groups is 1. The maximum absolute atomic E-state index is 10.9. The van der Waals surface area contributed by atoms with Crippen molar-refractivity contribution in [3.05, 3.63) is 18.7 Å². The molecule has 5 heteroatoms. The molecule has 100 valence electrons. The highest BCUT2D eigenvalue weighted by atomic mass is 35.5. The second-order valence-electron chi connectivity index (χ2n) is 4.63. The van der Waals surface area contributed by atoms with Crippen LogP contribution in [0.25, 0.3) is 0 Å². The maximum Gasteiger partial charge on any atom is 0.309 e. The molecule has 0 fully saturated rings. The van der Waals surface area contributed by atoms with Gasteiger partial charge in [0.15, 0.2) is 0 Å². The fourth-order valence-electron chi connectivity index (χ4n) is 1.34. The van der Waals surface area contributed by atoms with Gasteiger partial charge in [0.2, 0.25) is 0 Å². The SMILES string of the molecule is CC(C)(CCCC#CCn1ccnc1)C(=O)O.Cl. The maximum atomic E-state index is 10.9. The normalized spacial score (nSPS) is 10.1. The van der Waals surface area contributed by atoms with Gasteiger partial charge in [-0.2, -0.15) is 0 Å². The minimum atomic E-state index is -0.746. The summed E-state index contributed by atoms with van der Waals surface area (Å²) in [6.45, 7) is 4.13. The van der Waals surface area contributed by atoms with E-state index in [0.29, 0.717) is 13.0 Å². The van der Waals surface area contributed by atoms with Crippen molar-refractivity contribution in [2.24, 2.45) is 5.41 Å². The van der Waals surface area contributed by atoms with Gasteiger partial charge in [0, 0.05) is 18.8 Å². The van der Waals surface area contributed by atoms with Gasteiger partial charge in [-0.15, -0.1) is 18.3 Å². The molecule has 0 radical (unpaired) electrons. The number of aliphatic carboxylic acids is 1. The van der Waals surface area contributed by atoms with Gasteiger partial charge >= 0.3 is 5.97 Å². The van der Waals surface area contributed by atoms with Crippen LogP contribution in [0.1, 0.15) is 33.1 Å². The zero-order valence-corrected chi connectivity index (χ0v) is 11.5. The fraction of sp³-hybridized carbons (Fsp3) is 0.538. The summed E-state index contributed by atoms with van der Waals surface area (Å²) in [7, 11) is 0. The van der Waals surface area contributed by atoms with E-state index in [1.165, 1.54) is 0 Å². The second kappa shape index (κ2) is 7.78. The Hall–Kier alpha value is -1.47. The van der Waals surface area contributed by atoms with Gasteiger partial charge in [0.05, 0.1) is 18.3 Å². The Kier molecular flexibility index (Phi) is 7.14. The van der Waals surface area contributed by atoms with Gasteiger partial charge in [0.25, 0.3) is 0 Å². The summed E-state index contributed by atoms with van der Waals surface area (Å²) in [6.07, 6.45) is 7.52. The standard InChI is InChI=1S/C13H18N2O2.ClH/c1-13(2,12(16)17)7-5-3-4-6-9-15-10-8-14-11-15;/h8,10-11H,3,5,7,9H2,1-2H3,(H,16,17);1H. The van der Waals surface area contributed by atoms with Crippen molar-refractivity contribution in [2.75, 3.05) is 0 Å². The summed E-state index contributed by atoms with van der Waals surface area (Å²) in [4.78, 5) is 14.8. The Morgan fingerprint density at radius 1 is 1.44 bits per heavy atom. The summed E-state index contributed by atoms with van der Waals surface area (Å²) in [5, 5.41) is 8.92. The Morgan fingerprint density at radius 2 is 2.17 bits per heavy atom. The van der Waals surface area contributed by atoms with Crippen LogP contribution in [0.5, 0.6) is 0 Å². The van der Waals surface area contributed by atoms with Crippen LogP contribution < -0.4 is 0 Å². The van der Waals surface area contributed by atoms with Gasteiger partial charge in [-0.05, 0) is 26.7 Å². The van der Waals surface area contributed by atoms with E-state index in [4.69, 9.17) is 5.11 Å². The monoisotopic (exact) mass is 270 g/mol. The van der Waals surface area contributed by atoms with Crippen molar-refractivity contribution in [2.45, 2.75) is 39.7 Å². The summed E-state index contributed by atoms with van der Waals surface area (Å²) in [5.41, 5.74) is -0.647. The number of aromatic nitrogens is 2. The summed E-state index contributed by atoms with van der Waals surface area (Å²) in [5.74, 6) is 5.33. The molecule has 0 aliphatic heterocycles. The predicted octanol–water partition coefficient (Wildman–Crippen LogP) is 2.59. The lowest BCUT2D eigenvalue weighted by Crippen LogP contribution is -2.23. The van der Waals surface area contributed by atoms with Gasteiger partial charge in [-0.3, -0.25) is 4.79 Å². The molecule has 0 aliphatic rings. The van der Waals surface area contributed by atoms with Crippen LogP contribution in [0, 0.1) is 17.3 Å². The second-order valence-corrected chi connectivity index (χ2v) is 4.63. The lowest BCUT2D eigenvalue weighted by molar-refractivity contribution is -0.147. The summed E-state index contributed by atoms with van der Waals surface area (Å²) in [6, 6.07) is 0. The lowest BCUT2D eigenvalue weighted by atomic mass is 9.87. The largest absolute Gasteiger partial charge is 0.481 e. The van der Waals surface area contributed by atoms with E-state index in [2.05, 4.69) is 16.8 Å². The predicted molar refractivity (Wildman–Crippen MR) is 72.5 cm³/mol. The molecular formula is C13H19ClN2O2.